The van der Waals surface area contributed by atoms with E-state index < -0.39 is 0 Å². The van der Waals surface area contributed by atoms with Gasteiger partial charge in [0.1, 0.15) is 5.82 Å². The standard InChI is InChI=1S/C21H20N4O/c1-15(10-16-6-3-2-4-7-16)18-11-20(26)24-21-19(18)13-23-25(21)14-17-8-5-9-22-12-17/h2-10,12-13,18H,11,14H2,1H3,(H,24,26)/b15-10+. The second kappa shape index (κ2) is 6.96. The molecule has 0 spiro atoms. The molecular formula is C21H20N4O. The fourth-order valence-corrected chi connectivity index (χ4v) is 3.37. The molecule has 0 bridgehead atoms. The van der Waals surface area contributed by atoms with E-state index >= 15 is 0 Å². The summed E-state index contributed by atoms with van der Waals surface area (Å²) < 4.78 is 1.84. The minimum absolute atomic E-state index is 0.0243. The molecule has 26 heavy (non-hydrogen) atoms. The van der Waals surface area contributed by atoms with Gasteiger partial charge in [0.15, 0.2) is 0 Å². The number of nitrogens with one attached hydrogen (secondary N) is 1. The summed E-state index contributed by atoms with van der Waals surface area (Å²) >= 11 is 0. The number of pyridine rings is 1. The highest BCUT2D eigenvalue weighted by Gasteiger charge is 2.29. The van der Waals surface area contributed by atoms with Crippen LogP contribution in [-0.4, -0.2) is 20.7 Å². The van der Waals surface area contributed by atoms with Crippen LogP contribution in [0.1, 0.15) is 36.0 Å². The van der Waals surface area contributed by atoms with E-state index in [-0.39, 0.29) is 11.8 Å². The number of aromatic nitrogens is 3. The third kappa shape index (κ3) is 3.28. The summed E-state index contributed by atoms with van der Waals surface area (Å²) in [5.41, 5.74) is 4.41. The number of benzene rings is 1. The number of fused-ring (bicyclic) bond motifs is 1. The molecule has 1 aliphatic rings. The molecule has 0 aliphatic carbocycles. The fourth-order valence-electron chi connectivity index (χ4n) is 3.37. The zero-order valence-electron chi connectivity index (χ0n) is 14.6. The Kier molecular flexibility index (Phi) is 4.35. The van der Waals surface area contributed by atoms with E-state index in [0.717, 1.165) is 28.1 Å². The molecule has 1 aliphatic heterocycles. The monoisotopic (exact) mass is 344 g/mol. The van der Waals surface area contributed by atoms with Crippen LogP contribution in [0.25, 0.3) is 6.08 Å². The first-order valence-electron chi connectivity index (χ1n) is 8.68. The van der Waals surface area contributed by atoms with Gasteiger partial charge < -0.3 is 5.32 Å². The van der Waals surface area contributed by atoms with Crippen molar-refractivity contribution in [3.63, 3.8) is 0 Å². The third-order valence-corrected chi connectivity index (χ3v) is 4.69. The molecule has 130 valence electrons. The highest BCUT2D eigenvalue weighted by Crippen LogP contribution is 2.37. The van der Waals surface area contributed by atoms with Crippen molar-refractivity contribution >= 4 is 17.8 Å². The molecule has 5 nitrogen and oxygen atoms in total. The number of hydrogen-bond acceptors (Lipinski definition) is 3. The molecule has 3 heterocycles. The molecule has 1 amide bonds. The molecule has 1 N–H and O–H groups in total. The first-order valence-corrected chi connectivity index (χ1v) is 8.68. The van der Waals surface area contributed by atoms with Gasteiger partial charge in [-0.25, -0.2) is 4.68 Å². The molecule has 5 heteroatoms. The van der Waals surface area contributed by atoms with Crippen molar-refractivity contribution in [2.75, 3.05) is 5.32 Å². The van der Waals surface area contributed by atoms with Crippen LogP contribution in [0.4, 0.5) is 5.82 Å². The Balaban J connectivity index is 1.66. The minimum atomic E-state index is 0.0243. The number of anilines is 1. The van der Waals surface area contributed by atoms with E-state index in [2.05, 4.69) is 40.5 Å². The third-order valence-electron chi connectivity index (χ3n) is 4.69. The van der Waals surface area contributed by atoms with Crippen LogP contribution in [0.15, 0.2) is 66.6 Å². The van der Waals surface area contributed by atoms with Crippen molar-refractivity contribution < 1.29 is 4.79 Å². The number of allylic oxidation sites excluding steroid dienone is 1. The second-order valence-electron chi connectivity index (χ2n) is 6.57. The van der Waals surface area contributed by atoms with Gasteiger partial charge in [0.2, 0.25) is 5.91 Å². The molecule has 0 saturated carbocycles. The quantitative estimate of drug-likeness (QED) is 0.782. The summed E-state index contributed by atoms with van der Waals surface area (Å²) in [6.07, 6.45) is 8.03. The van der Waals surface area contributed by atoms with Crippen molar-refractivity contribution in [2.45, 2.75) is 25.8 Å². The van der Waals surface area contributed by atoms with Crippen LogP contribution in [0.2, 0.25) is 0 Å². The number of nitrogens with zero attached hydrogens (tertiary/aromatic N) is 3. The second-order valence-corrected chi connectivity index (χ2v) is 6.57. The molecule has 1 unspecified atom stereocenters. The SMILES string of the molecule is C/C(=C\c1ccccc1)C1CC(=O)Nc2c1cnn2Cc1cccnc1. The Morgan fingerprint density at radius 2 is 2.08 bits per heavy atom. The summed E-state index contributed by atoms with van der Waals surface area (Å²) in [6, 6.07) is 14.1. The highest BCUT2D eigenvalue weighted by molar-refractivity contribution is 5.94. The summed E-state index contributed by atoms with van der Waals surface area (Å²) in [6.45, 7) is 2.66. The van der Waals surface area contributed by atoms with Crippen molar-refractivity contribution in [2.24, 2.45) is 0 Å². The Morgan fingerprint density at radius 1 is 1.23 bits per heavy atom. The van der Waals surface area contributed by atoms with Crippen LogP contribution in [-0.2, 0) is 11.3 Å². The molecule has 3 aromatic rings. The Hall–Kier alpha value is -3.21. The van der Waals surface area contributed by atoms with Crippen LogP contribution >= 0.6 is 0 Å². The normalized spacial score (nSPS) is 16.9. The zero-order valence-corrected chi connectivity index (χ0v) is 14.6. The van der Waals surface area contributed by atoms with Gasteiger partial charge in [0.05, 0.1) is 12.7 Å². The van der Waals surface area contributed by atoms with Gasteiger partial charge in [-0.1, -0.05) is 48.0 Å². The van der Waals surface area contributed by atoms with Crippen molar-refractivity contribution in [3.05, 3.63) is 83.3 Å². The van der Waals surface area contributed by atoms with Crippen molar-refractivity contribution in [1.29, 1.82) is 0 Å². The predicted octanol–water partition coefficient (Wildman–Crippen LogP) is 3.86. The maximum Gasteiger partial charge on any atom is 0.226 e. The van der Waals surface area contributed by atoms with Crippen LogP contribution in [0.5, 0.6) is 0 Å². The van der Waals surface area contributed by atoms with Crippen LogP contribution in [0, 0.1) is 0 Å². The summed E-state index contributed by atoms with van der Waals surface area (Å²) in [4.78, 5) is 16.4. The Morgan fingerprint density at radius 3 is 2.85 bits per heavy atom. The number of rotatable bonds is 4. The lowest BCUT2D eigenvalue weighted by molar-refractivity contribution is -0.116. The van der Waals surface area contributed by atoms with Crippen molar-refractivity contribution in [3.8, 4) is 0 Å². The van der Waals surface area contributed by atoms with E-state index in [1.54, 1.807) is 6.20 Å². The van der Waals surface area contributed by atoms with E-state index in [4.69, 9.17) is 0 Å². The maximum atomic E-state index is 12.3. The van der Waals surface area contributed by atoms with Gasteiger partial charge >= 0.3 is 0 Å². The average Bonchev–Trinajstić information content (AvgIpc) is 3.05. The molecule has 4 rings (SSSR count). The number of amides is 1. The number of hydrogen-bond donors (Lipinski definition) is 1. The van der Waals surface area contributed by atoms with E-state index in [1.165, 1.54) is 0 Å². The summed E-state index contributed by atoms with van der Waals surface area (Å²) in [5, 5.41) is 7.51. The smallest absolute Gasteiger partial charge is 0.226 e. The van der Waals surface area contributed by atoms with E-state index in [9.17, 15) is 4.79 Å². The summed E-state index contributed by atoms with van der Waals surface area (Å²) in [7, 11) is 0. The molecule has 0 saturated heterocycles. The largest absolute Gasteiger partial charge is 0.311 e. The molecular weight excluding hydrogens is 324 g/mol. The van der Waals surface area contributed by atoms with Gasteiger partial charge in [-0.2, -0.15) is 5.10 Å². The van der Waals surface area contributed by atoms with Crippen LogP contribution < -0.4 is 5.32 Å². The Labute approximate surface area is 152 Å². The lowest BCUT2D eigenvalue weighted by Gasteiger charge is -2.24. The van der Waals surface area contributed by atoms with E-state index in [0.29, 0.717) is 13.0 Å². The lowest BCUT2D eigenvalue weighted by Crippen LogP contribution is -2.25. The number of carbonyl (C=O) groups is 1. The maximum absolute atomic E-state index is 12.3. The Bertz CT molecular complexity index is 945. The average molecular weight is 344 g/mol. The van der Waals surface area contributed by atoms with E-state index in [1.807, 2.05) is 47.4 Å². The number of carbonyl (C=O) groups excluding carboxylic acids is 1. The summed E-state index contributed by atoms with van der Waals surface area (Å²) in [5.74, 6) is 0.855. The first kappa shape index (κ1) is 16.3. The van der Waals surface area contributed by atoms with Gasteiger partial charge in [-0.05, 0) is 24.1 Å². The van der Waals surface area contributed by atoms with Gasteiger partial charge in [0, 0.05) is 30.3 Å². The molecule has 1 aromatic carbocycles. The minimum Gasteiger partial charge on any atom is -0.311 e. The molecule has 1 atom stereocenters. The molecule has 2 aromatic heterocycles. The predicted molar refractivity (Wildman–Crippen MR) is 102 cm³/mol. The van der Waals surface area contributed by atoms with Crippen molar-refractivity contribution in [1.82, 2.24) is 14.8 Å². The lowest BCUT2D eigenvalue weighted by atomic mass is 9.87. The fraction of sp³-hybridized carbons (Fsp3) is 0.190. The molecule has 0 fully saturated rings. The topological polar surface area (TPSA) is 59.8 Å². The molecule has 0 radical (unpaired) electrons. The van der Waals surface area contributed by atoms with Gasteiger partial charge in [-0.15, -0.1) is 0 Å². The van der Waals surface area contributed by atoms with Gasteiger partial charge in [0.25, 0.3) is 0 Å². The van der Waals surface area contributed by atoms with Crippen LogP contribution in [0.3, 0.4) is 0 Å². The van der Waals surface area contributed by atoms with Gasteiger partial charge in [-0.3, -0.25) is 9.78 Å². The first-order chi connectivity index (χ1) is 12.7. The zero-order chi connectivity index (χ0) is 17.9. The highest BCUT2D eigenvalue weighted by atomic mass is 16.1.